The van der Waals surface area contributed by atoms with E-state index in [0.717, 1.165) is 22.3 Å². The smallest absolute Gasteiger partial charge is 0.347 e. The number of rotatable bonds is 3. The number of aromatic nitrogens is 2. The number of nitro groups is 1. The molecule has 0 aliphatic carbocycles. The lowest BCUT2D eigenvalue weighted by Gasteiger charge is -2.02. The van der Waals surface area contributed by atoms with E-state index in [-0.39, 0.29) is 10.6 Å². The molecule has 0 saturated heterocycles. The molecule has 0 fully saturated rings. The number of non-ortho nitro benzene ring substituents is 1. The number of benzene rings is 1. The minimum atomic E-state index is -1.04. The Kier molecular flexibility index (Phi) is 3.41. The summed E-state index contributed by atoms with van der Waals surface area (Å²) >= 11 is 1.02. The van der Waals surface area contributed by atoms with Gasteiger partial charge in [-0.15, -0.1) is 11.3 Å². The highest BCUT2D eigenvalue weighted by Gasteiger charge is 2.22. The quantitative estimate of drug-likeness (QED) is 0.585. The average molecular weight is 331 g/mol. The molecule has 0 aliphatic rings. The summed E-state index contributed by atoms with van der Waals surface area (Å²) < 4.78 is 1.72. The molecule has 0 radical (unpaired) electrons. The molecule has 0 bridgehead atoms. The fraction of sp³-hybridized carbons (Fsp3) is 0.200. The van der Waals surface area contributed by atoms with E-state index in [1.54, 1.807) is 18.5 Å². The van der Waals surface area contributed by atoms with Crippen molar-refractivity contribution in [3.05, 3.63) is 44.6 Å². The van der Waals surface area contributed by atoms with Crippen LogP contribution in [0.25, 0.3) is 21.5 Å². The maximum atomic E-state index is 11.4. The number of carboxylic acids is 1. The number of hydrogen-bond donors (Lipinski definition) is 1. The van der Waals surface area contributed by atoms with Crippen molar-refractivity contribution in [1.82, 2.24) is 9.55 Å². The molecule has 0 spiro atoms. The highest BCUT2D eigenvalue weighted by molar-refractivity contribution is 7.17. The van der Waals surface area contributed by atoms with Gasteiger partial charge in [0, 0.05) is 30.3 Å². The first kappa shape index (κ1) is 15.2. The van der Waals surface area contributed by atoms with Gasteiger partial charge in [-0.05, 0) is 25.5 Å². The standard InChI is InChI=1S/C15H13N3O4S/c1-7-6-17(3)12-10(7)4-9(5-11(12)18(21)22)14-16-8(2)13(23-14)15(19)20/h4-6H,1-3H3,(H,19,20). The van der Waals surface area contributed by atoms with Gasteiger partial charge in [-0.3, -0.25) is 10.1 Å². The maximum absolute atomic E-state index is 11.4. The van der Waals surface area contributed by atoms with Gasteiger partial charge < -0.3 is 9.67 Å². The number of nitrogens with zero attached hydrogens (tertiary/aromatic N) is 3. The van der Waals surface area contributed by atoms with E-state index < -0.39 is 10.9 Å². The van der Waals surface area contributed by atoms with Gasteiger partial charge in [-0.25, -0.2) is 9.78 Å². The predicted octanol–water partition coefficient (Wildman–Crippen LogP) is 3.53. The summed E-state index contributed by atoms with van der Waals surface area (Å²) in [5.74, 6) is -1.04. The van der Waals surface area contributed by atoms with Crippen LogP contribution in [-0.2, 0) is 7.05 Å². The summed E-state index contributed by atoms with van der Waals surface area (Å²) in [4.78, 5) is 26.6. The number of nitro benzene ring substituents is 1. The molecule has 3 aromatic rings. The summed E-state index contributed by atoms with van der Waals surface area (Å²) in [6.07, 6.45) is 1.83. The van der Waals surface area contributed by atoms with Crippen molar-refractivity contribution >= 4 is 33.9 Å². The van der Waals surface area contributed by atoms with E-state index in [1.165, 1.54) is 6.07 Å². The largest absolute Gasteiger partial charge is 0.477 e. The van der Waals surface area contributed by atoms with Crippen LogP contribution < -0.4 is 0 Å². The molecule has 0 unspecified atom stereocenters. The second-order valence-corrected chi connectivity index (χ2v) is 6.31. The number of fused-ring (bicyclic) bond motifs is 1. The number of aryl methyl sites for hydroxylation is 3. The van der Waals surface area contributed by atoms with Crippen molar-refractivity contribution in [2.45, 2.75) is 13.8 Å². The minimum Gasteiger partial charge on any atom is -0.477 e. The molecular weight excluding hydrogens is 318 g/mol. The Balaban J connectivity index is 2.31. The summed E-state index contributed by atoms with van der Waals surface area (Å²) in [5, 5.41) is 21.8. The van der Waals surface area contributed by atoms with Gasteiger partial charge in [0.25, 0.3) is 5.69 Å². The molecule has 0 atom stereocenters. The van der Waals surface area contributed by atoms with Crippen molar-refractivity contribution in [3.63, 3.8) is 0 Å². The van der Waals surface area contributed by atoms with Crippen LogP contribution in [0, 0.1) is 24.0 Å². The molecule has 1 aromatic carbocycles. The van der Waals surface area contributed by atoms with E-state index in [4.69, 9.17) is 5.11 Å². The highest BCUT2D eigenvalue weighted by atomic mass is 32.1. The van der Waals surface area contributed by atoms with Crippen LogP contribution in [0.1, 0.15) is 20.9 Å². The van der Waals surface area contributed by atoms with E-state index in [9.17, 15) is 14.9 Å². The lowest BCUT2D eigenvalue weighted by molar-refractivity contribution is -0.383. The molecule has 1 N–H and O–H groups in total. The Hall–Kier alpha value is -2.74. The van der Waals surface area contributed by atoms with Crippen LogP contribution in [-0.4, -0.2) is 25.6 Å². The van der Waals surface area contributed by atoms with Crippen molar-refractivity contribution in [2.24, 2.45) is 7.05 Å². The number of aromatic carboxylic acids is 1. The lowest BCUT2D eigenvalue weighted by atomic mass is 10.1. The van der Waals surface area contributed by atoms with Gasteiger partial charge in [0.15, 0.2) is 0 Å². The van der Waals surface area contributed by atoms with E-state index in [0.29, 0.717) is 21.8 Å². The third-order valence-corrected chi connectivity index (χ3v) is 4.88. The summed E-state index contributed by atoms with van der Waals surface area (Å²) in [6, 6.07) is 3.27. The summed E-state index contributed by atoms with van der Waals surface area (Å²) in [5.41, 5.74) is 2.41. The van der Waals surface area contributed by atoms with E-state index in [1.807, 2.05) is 19.2 Å². The number of hydrogen-bond acceptors (Lipinski definition) is 5. The zero-order valence-electron chi connectivity index (χ0n) is 12.7. The fourth-order valence-electron chi connectivity index (χ4n) is 2.70. The molecule has 0 saturated carbocycles. The topological polar surface area (TPSA) is 98.3 Å². The molecule has 2 aromatic heterocycles. The summed E-state index contributed by atoms with van der Waals surface area (Å²) in [7, 11) is 1.76. The van der Waals surface area contributed by atoms with Gasteiger partial charge >= 0.3 is 5.97 Å². The molecule has 2 heterocycles. The monoisotopic (exact) mass is 331 g/mol. The Bertz CT molecular complexity index is 971. The molecule has 118 valence electrons. The Labute approximate surface area is 135 Å². The second kappa shape index (κ2) is 5.17. The van der Waals surface area contributed by atoms with Gasteiger partial charge in [0.2, 0.25) is 0 Å². The third-order valence-electron chi connectivity index (χ3n) is 3.69. The first-order valence-corrected chi connectivity index (χ1v) is 7.56. The highest BCUT2D eigenvalue weighted by Crippen LogP contribution is 2.36. The van der Waals surface area contributed by atoms with Crippen molar-refractivity contribution in [2.75, 3.05) is 0 Å². The fourth-order valence-corrected chi connectivity index (χ4v) is 3.59. The minimum absolute atomic E-state index is 0.0159. The number of carbonyl (C=O) groups is 1. The zero-order chi connectivity index (χ0) is 16.9. The van der Waals surface area contributed by atoms with Gasteiger partial charge in [0.1, 0.15) is 15.4 Å². The van der Waals surface area contributed by atoms with Crippen LogP contribution >= 0.6 is 11.3 Å². The number of carboxylic acid groups (broad SMARTS) is 1. The molecular formula is C15H13N3O4S. The van der Waals surface area contributed by atoms with Gasteiger partial charge in [-0.2, -0.15) is 0 Å². The SMILES string of the molecule is Cc1nc(-c2cc([N+](=O)[O-])c3c(c2)c(C)cn3C)sc1C(=O)O. The Morgan fingerprint density at radius 1 is 1.39 bits per heavy atom. The van der Waals surface area contributed by atoms with E-state index in [2.05, 4.69) is 4.98 Å². The summed E-state index contributed by atoms with van der Waals surface area (Å²) in [6.45, 7) is 3.50. The third kappa shape index (κ3) is 2.36. The van der Waals surface area contributed by atoms with Crippen LogP contribution in [0.3, 0.4) is 0 Å². The van der Waals surface area contributed by atoms with Crippen molar-refractivity contribution in [3.8, 4) is 10.6 Å². The Morgan fingerprint density at radius 3 is 2.65 bits per heavy atom. The van der Waals surface area contributed by atoms with Crippen molar-refractivity contribution < 1.29 is 14.8 Å². The number of thiazole rings is 1. The van der Waals surface area contributed by atoms with Gasteiger partial charge in [0.05, 0.1) is 10.6 Å². The molecule has 7 nitrogen and oxygen atoms in total. The molecule has 0 aliphatic heterocycles. The average Bonchev–Trinajstić information content (AvgIpc) is 2.99. The zero-order valence-corrected chi connectivity index (χ0v) is 13.5. The lowest BCUT2D eigenvalue weighted by Crippen LogP contribution is -1.94. The molecule has 0 amide bonds. The van der Waals surface area contributed by atoms with Gasteiger partial charge in [-0.1, -0.05) is 0 Å². The maximum Gasteiger partial charge on any atom is 0.347 e. The molecule has 3 rings (SSSR count). The van der Waals surface area contributed by atoms with E-state index >= 15 is 0 Å². The molecule has 23 heavy (non-hydrogen) atoms. The normalized spacial score (nSPS) is 11.1. The predicted molar refractivity (Wildman–Crippen MR) is 87.1 cm³/mol. The van der Waals surface area contributed by atoms with Crippen LogP contribution in [0.15, 0.2) is 18.3 Å². The molecule has 8 heteroatoms. The van der Waals surface area contributed by atoms with Crippen LogP contribution in [0.2, 0.25) is 0 Å². The van der Waals surface area contributed by atoms with Crippen LogP contribution in [0.4, 0.5) is 5.69 Å². The first-order valence-electron chi connectivity index (χ1n) is 6.74. The second-order valence-electron chi connectivity index (χ2n) is 5.31. The van der Waals surface area contributed by atoms with Crippen molar-refractivity contribution in [1.29, 1.82) is 0 Å². The Morgan fingerprint density at radius 2 is 2.09 bits per heavy atom. The first-order chi connectivity index (χ1) is 10.8. The van der Waals surface area contributed by atoms with Crippen LogP contribution in [0.5, 0.6) is 0 Å².